The predicted molar refractivity (Wildman–Crippen MR) is 92.2 cm³/mol. The Bertz CT molecular complexity index is 846. The zero-order valence-electron chi connectivity index (χ0n) is 13.1. The Morgan fingerprint density at radius 1 is 1.21 bits per heavy atom. The number of ketones is 1. The van der Waals surface area contributed by atoms with Gasteiger partial charge in [-0.15, -0.1) is 0 Å². The van der Waals surface area contributed by atoms with Crippen molar-refractivity contribution < 1.29 is 9.21 Å². The van der Waals surface area contributed by atoms with Crippen molar-refractivity contribution in [1.29, 1.82) is 0 Å². The van der Waals surface area contributed by atoms with Gasteiger partial charge in [-0.2, -0.15) is 0 Å². The third-order valence-corrected chi connectivity index (χ3v) is 3.43. The van der Waals surface area contributed by atoms with Crippen LogP contribution in [0, 0.1) is 0 Å². The zero-order chi connectivity index (χ0) is 16.9. The highest BCUT2D eigenvalue weighted by molar-refractivity contribution is 5.95. The number of rotatable bonds is 6. The maximum Gasteiger partial charge on any atom is 0.159 e. The minimum atomic E-state index is -0.00452. The number of carbonyl (C=O) groups is 1. The number of nitrogen functional groups attached to an aromatic ring is 1. The maximum absolute atomic E-state index is 11.5. The summed E-state index contributed by atoms with van der Waals surface area (Å²) in [5, 5.41) is 6.22. The van der Waals surface area contributed by atoms with Gasteiger partial charge in [-0.1, -0.05) is 12.1 Å². The van der Waals surface area contributed by atoms with Crippen LogP contribution in [-0.2, 0) is 6.54 Å². The molecule has 0 spiro atoms. The second-order valence-corrected chi connectivity index (χ2v) is 5.18. The number of nitrogens with zero attached hydrogens (tertiary/aromatic N) is 2. The van der Waals surface area contributed by atoms with E-state index in [0.29, 0.717) is 29.4 Å². The second-order valence-electron chi connectivity index (χ2n) is 5.18. The van der Waals surface area contributed by atoms with E-state index < -0.39 is 0 Å². The molecule has 1 aromatic carbocycles. The molecule has 122 valence electrons. The van der Waals surface area contributed by atoms with E-state index in [2.05, 4.69) is 20.6 Å². The molecule has 3 rings (SSSR count). The number of hydrogen-bond acceptors (Lipinski definition) is 7. The molecule has 4 N–H and O–H groups in total. The molecule has 0 unspecified atom stereocenters. The summed E-state index contributed by atoms with van der Waals surface area (Å²) < 4.78 is 5.26. The standard InChI is InChI=1S/C17H17N5O2/c1-11(23)12-4-2-5-13(8-12)22-17-15(18)16(20-10-21-17)19-9-14-6-3-7-24-14/h2-8,10H,9,18H2,1H3,(H2,19,20,21,22). The largest absolute Gasteiger partial charge is 0.467 e. The van der Waals surface area contributed by atoms with E-state index in [-0.39, 0.29) is 5.78 Å². The molecule has 24 heavy (non-hydrogen) atoms. The van der Waals surface area contributed by atoms with Gasteiger partial charge in [0.05, 0.1) is 12.8 Å². The van der Waals surface area contributed by atoms with Crippen LogP contribution in [0.2, 0.25) is 0 Å². The molecule has 0 saturated carbocycles. The molecule has 0 bridgehead atoms. The normalized spacial score (nSPS) is 10.4. The quantitative estimate of drug-likeness (QED) is 0.598. The summed E-state index contributed by atoms with van der Waals surface area (Å²) in [6.45, 7) is 1.99. The third kappa shape index (κ3) is 3.52. The van der Waals surface area contributed by atoms with Crippen LogP contribution in [0.15, 0.2) is 53.4 Å². The molecule has 2 aromatic heterocycles. The van der Waals surface area contributed by atoms with E-state index in [1.54, 1.807) is 24.5 Å². The Balaban J connectivity index is 1.77. The molecule has 7 nitrogen and oxygen atoms in total. The van der Waals surface area contributed by atoms with Crippen molar-refractivity contribution in [2.75, 3.05) is 16.4 Å². The van der Waals surface area contributed by atoms with Crippen molar-refractivity contribution >= 4 is 28.8 Å². The van der Waals surface area contributed by atoms with Crippen LogP contribution in [0.25, 0.3) is 0 Å². The summed E-state index contributed by atoms with van der Waals surface area (Å²) in [6.07, 6.45) is 3.02. The lowest BCUT2D eigenvalue weighted by molar-refractivity contribution is 0.101. The number of Topliss-reactive ketones (excluding diaryl/α,β-unsaturated/α-hetero) is 1. The van der Waals surface area contributed by atoms with Crippen LogP contribution < -0.4 is 16.4 Å². The lowest BCUT2D eigenvalue weighted by Crippen LogP contribution is -2.08. The third-order valence-electron chi connectivity index (χ3n) is 3.43. The lowest BCUT2D eigenvalue weighted by Gasteiger charge is -2.12. The Morgan fingerprint density at radius 2 is 2.04 bits per heavy atom. The van der Waals surface area contributed by atoms with Gasteiger partial charge in [0.15, 0.2) is 17.4 Å². The molecule has 0 fully saturated rings. The van der Waals surface area contributed by atoms with E-state index >= 15 is 0 Å². The number of nitrogens with one attached hydrogen (secondary N) is 2. The Labute approximate surface area is 138 Å². The van der Waals surface area contributed by atoms with Crippen molar-refractivity contribution in [3.05, 3.63) is 60.3 Å². The zero-order valence-corrected chi connectivity index (χ0v) is 13.1. The van der Waals surface area contributed by atoms with Gasteiger partial charge in [0.1, 0.15) is 17.8 Å². The van der Waals surface area contributed by atoms with Crippen molar-refractivity contribution in [2.45, 2.75) is 13.5 Å². The topological polar surface area (TPSA) is 106 Å². The van der Waals surface area contributed by atoms with Gasteiger partial charge >= 0.3 is 0 Å². The number of carbonyl (C=O) groups excluding carboxylic acids is 1. The van der Waals surface area contributed by atoms with E-state index in [1.807, 2.05) is 18.2 Å². The molecule has 0 amide bonds. The van der Waals surface area contributed by atoms with Gasteiger partial charge in [-0.3, -0.25) is 4.79 Å². The first-order valence-electron chi connectivity index (χ1n) is 7.38. The van der Waals surface area contributed by atoms with E-state index in [0.717, 1.165) is 11.4 Å². The summed E-state index contributed by atoms with van der Waals surface area (Å²) in [5.74, 6) is 1.74. The molecular weight excluding hydrogens is 306 g/mol. The van der Waals surface area contributed by atoms with E-state index in [9.17, 15) is 4.79 Å². The van der Waals surface area contributed by atoms with Crippen molar-refractivity contribution in [3.63, 3.8) is 0 Å². The Kier molecular flexibility index (Phi) is 4.42. The minimum absolute atomic E-state index is 0.00452. The summed E-state index contributed by atoms with van der Waals surface area (Å²) in [7, 11) is 0. The molecule has 2 heterocycles. The monoisotopic (exact) mass is 323 g/mol. The number of aromatic nitrogens is 2. The van der Waals surface area contributed by atoms with Gasteiger partial charge in [0.2, 0.25) is 0 Å². The van der Waals surface area contributed by atoms with Crippen LogP contribution in [0.5, 0.6) is 0 Å². The first-order valence-corrected chi connectivity index (χ1v) is 7.38. The first kappa shape index (κ1) is 15.5. The molecule has 0 aliphatic carbocycles. The summed E-state index contributed by atoms with van der Waals surface area (Å²) in [6, 6.07) is 10.8. The number of anilines is 4. The number of benzene rings is 1. The second kappa shape index (κ2) is 6.82. The summed E-state index contributed by atoms with van der Waals surface area (Å²) in [4.78, 5) is 19.8. The molecule has 3 aromatic rings. The van der Waals surface area contributed by atoms with Crippen molar-refractivity contribution in [1.82, 2.24) is 9.97 Å². The van der Waals surface area contributed by atoms with Gasteiger partial charge < -0.3 is 20.8 Å². The highest BCUT2D eigenvalue weighted by Gasteiger charge is 2.09. The maximum atomic E-state index is 11.5. The van der Waals surface area contributed by atoms with E-state index in [4.69, 9.17) is 10.2 Å². The van der Waals surface area contributed by atoms with Crippen molar-refractivity contribution in [3.8, 4) is 0 Å². The van der Waals surface area contributed by atoms with Gasteiger partial charge in [0, 0.05) is 11.3 Å². The molecule has 0 aliphatic rings. The lowest BCUT2D eigenvalue weighted by atomic mass is 10.1. The average molecular weight is 323 g/mol. The fraction of sp³-hybridized carbons (Fsp3) is 0.118. The number of furan rings is 1. The number of nitrogens with two attached hydrogens (primary N) is 1. The van der Waals surface area contributed by atoms with E-state index in [1.165, 1.54) is 13.3 Å². The molecular formula is C17H17N5O2. The van der Waals surface area contributed by atoms with Crippen LogP contribution in [0.4, 0.5) is 23.0 Å². The SMILES string of the molecule is CC(=O)c1cccc(Nc2ncnc(NCc3ccco3)c2N)c1. The van der Waals surface area contributed by atoms with Crippen LogP contribution in [-0.4, -0.2) is 15.8 Å². The Morgan fingerprint density at radius 3 is 2.79 bits per heavy atom. The fourth-order valence-electron chi connectivity index (χ4n) is 2.17. The first-order chi connectivity index (χ1) is 11.6. The fourth-order valence-corrected chi connectivity index (χ4v) is 2.17. The van der Waals surface area contributed by atoms with Gasteiger partial charge in [-0.05, 0) is 31.2 Å². The highest BCUT2D eigenvalue weighted by Crippen LogP contribution is 2.26. The van der Waals surface area contributed by atoms with Gasteiger partial charge in [-0.25, -0.2) is 9.97 Å². The number of hydrogen-bond donors (Lipinski definition) is 3. The van der Waals surface area contributed by atoms with Crippen molar-refractivity contribution in [2.24, 2.45) is 0 Å². The molecule has 0 atom stereocenters. The van der Waals surface area contributed by atoms with Gasteiger partial charge in [0.25, 0.3) is 0 Å². The highest BCUT2D eigenvalue weighted by atomic mass is 16.3. The Hall–Kier alpha value is -3.35. The van der Waals surface area contributed by atoms with Crippen LogP contribution in [0.1, 0.15) is 23.0 Å². The average Bonchev–Trinajstić information content (AvgIpc) is 3.09. The van der Waals surface area contributed by atoms with Crippen LogP contribution in [0.3, 0.4) is 0 Å². The molecule has 7 heteroatoms. The minimum Gasteiger partial charge on any atom is -0.467 e. The predicted octanol–water partition coefficient (Wildman–Crippen LogP) is 3.21. The van der Waals surface area contributed by atoms with Crippen LogP contribution >= 0.6 is 0 Å². The summed E-state index contributed by atoms with van der Waals surface area (Å²) in [5.41, 5.74) is 7.85. The molecule has 0 saturated heterocycles. The summed E-state index contributed by atoms with van der Waals surface area (Å²) >= 11 is 0. The molecule has 0 radical (unpaired) electrons. The smallest absolute Gasteiger partial charge is 0.159 e. The molecule has 0 aliphatic heterocycles.